The lowest BCUT2D eigenvalue weighted by Crippen LogP contribution is -2.43. The Kier molecular flexibility index (Phi) is 9.74. The topological polar surface area (TPSA) is 121 Å². The van der Waals surface area contributed by atoms with E-state index in [9.17, 15) is 14.4 Å². The molecular weight excluding hydrogens is 473 g/mol. The number of amides is 1. The van der Waals surface area contributed by atoms with Crippen LogP contribution in [-0.2, 0) is 30.3 Å². The Morgan fingerprint density at radius 3 is 2.36 bits per heavy atom. The SMILES string of the molecule is CCOC(=O)COc1ccc(CC(C)N(C(=O)COC(C)=O)c2cc(Cl)c(N)c(Cl)n2)cc1. The van der Waals surface area contributed by atoms with Crippen molar-refractivity contribution in [2.45, 2.75) is 33.2 Å². The molecule has 9 nitrogen and oxygen atoms in total. The number of nitrogens with two attached hydrogens (primary N) is 1. The third kappa shape index (κ3) is 7.80. The van der Waals surface area contributed by atoms with Gasteiger partial charge in [-0.1, -0.05) is 35.3 Å². The standard InChI is InChI=1S/C22H25Cl2N3O6/c1-4-31-20(30)12-33-16-7-5-15(6-8-16)9-13(2)27(19(29)11-32-14(3)28)18-10-17(23)21(25)22(24)26-18/h5-8,10,13H,4,9,11-12,25H2,1-3H3. The molecule has 33 heavy (non-hydrogen) atoms. The van der Waals surface area contributed by atoms with Crippen molar-refractivity contribution in [3.63, 3.8) is 0 Å². The molecule has 0 saturated heterocycles. The summed E-state index contributed by atoms with van der Waals surface area (Å²) in [7, 11) is 0. The minimum absolute atomic E-state index is 0.0434. The molecule has 1 unspecified atom stereocenters. The maximum Gasteiger partial charge on any atom is 0.344 e. The average molecular weight is 498 g/mol. The molecule has 0 radical (unpaired) electrons. The van der Waals surface area contributed by atoms with Gasteiger partial charge >= 0.3 is 11.9 Å². The molecule has 1 atom stereocenters. The third-order valence-corrected chi connectivity index (χ3v) is 5.02. The van der Waals surface area contributed by atoms with Crippen molar-refractivity contribution in [2.75, 3.05) is 30.5 Å². The smallest absolute Gasteiger partial charge is 0.344 e. The van der Waals surface area contributed by atoms with Crippen LogP contribution in [0.4, 0.5) is 11.5 Å². The molecule has 11 heteroatoms. The van der Waals surface area contributed by atoms with Gasteiger partial charge in [0.15, 0.2) is 18.4 Å². The van der Waals surface area contributed by atoms with Crippen molar-refractivity contribution in [2.24, 2.45) is 0 Å². The van der Waals surface area contributed by atoms with Gasteiger partial charge in [0.2, 0.25) is 0 Å². The molecule has 178 valence electrons. The first kappa shape index (κ1) is 26.2. The van der Waals surface area contributed by atoms with Gasteiger partial charge in [-0.15, -0.1) is 0 Å². The van der Waals surface area contributed by atoms with Crippen LogP contribution in [0.5, 0.6) is 5.75 Å². The van der Waals surface area contributed by atoms with Gasteiger partial charge in [0, 0.05) is 19.0 Å². The lowest BCUT2D eigenvalue weighted by atomic mass is 10.1. The first-order chi connectivity index (χ1) is 15.6. The Morgan fingerprint density at radius 2 is 1.79 bits per heavy atom. The van der Waals surface area contributed by atoms with Crippen LogP contribution in [0.3, 0.4) is 0 Å². The molecule has 2 aromatic rings. The number of anilines is 2. The monoisotopic (exact) mass is 497 g/mol. The molecule has 0 aliphatic heterocycles. The molecule has 0 saturated carbocycles. The molecule has 0 bridgehead atoms. The second-order valence-electron chi connectivity index (χ2n) is 7.00. The van der Waals surface area contributed by atoms with Crippen LogP contribution in [0.1, 0.15) is 26.3 Å². The van der Waals surface area contributed by atoms with Crippen molar-refractivity contribution in [1.82, 2.24) is 4.98 Å². The molecule has 1 aromatic heterocycles. The lowest BCUT2D eigenvalue weighted by molar-refractivity contribution is -0.146. The Hall–Kier alpha value is -3.04. The molecule has 0 spiro atoms. The highest BCUT2D eigenvalue weighted by atomic mass is 35.5. The molecule has 0 aliphatic rings. The van der Waals surface area contributed by atoms with E-state index in [1.54, 1.807) is 26.0 Å². The van der Waals surface area contributed by atoms with Gasteiger partial charge in [-0.05, 0) is 38.0 Å². The summed E-state index contributed by atoms with van der Waals surface area (Å²) in [6, 6.07) is 8.05. The van der Waals surface area contributed by atoms with E-state index in [-0.39, 0.29) is 34.9 Å². The van der Waals surface area contributed by atoms with Crippen LogP contribution in [0.2, 0.25) is 10.2 Å². The normalized spacial score (nSPS) is 11.4. The highest BCUT2D eigenvalue weighted by Gasteiger charge is 2.26. The molecule has 1 aromatic carbocycles. The average Bonchev–Trinajstić information content (AvgIpc) is 2.76. The van der Waals surface area contributed by atoms with E-state index in [1.807, 2.05) is 12.1 Å². The van der Waals surface area contributed by atoms with Crippen LogP contribution < -0.4 is 15.4 Å². The lowest BCUT2D eigenvalue weighted by Gasteiger charge is -2.29. The third-order valence-electron chi connectivity index (χ3n) is 4.42. The number of nitrogen functional groups attached to an aromatic ring is 1. The van der Waals surface area contributed by atoms with E-state index >= 15 is 0 Å². The molecule has 1 amide bonds. The fourth-order valence-corrected chi connectivity index (χ4v) is 3.36. The van der Waals surface area contributed by atoms with Crippen molar-refractivity contribution in [3.05, 3.63) is 46.1 Å². The van der Waals surface area contributed by atoms with Gasteiger partial charge in [-0.3, -0.25) is 14.5 Å². The minimum Gasteiger partial charge on any atom is -0.482 e. The van der Waals surface area contributed by atoms with E-state index in [4.69, 9.17) is 43.1 Å². The van der Waals surface area contributed by atoms with Crippen molar-refractivity contribution >= 4 is 52.6 Å². The summed E-state index contributed by atoms with van der Waals surface area (Å²) in [5, 5.41) is 0.101. The number of hydrogen-bond donors (Lipinski definition) is 1. The number of ether oxygens (including phenoxy) is 3. The van der Waals surface area contributed by atoms with Gasteiger partial charge in [0.05, 0.1) is 17.3 Å². The largest absolute Gasteiger partial charge is 0.482 e. The molecule has 0 fully saturated rings. The summed E-state index contributed by atoms with van der Waals surface area (Å²) in [6.07, 6.45) is 0.422. The number of esters is 2. The Bertz CT molecular complexity index is 977. The van der Waals surface area contributed by atoms with Crippen molar-refractivity contribution in [1.29, 1.82) is 0 Å². The van der Waals surface area contributed by atoms with Crippen LogP contribution in [0.25, 0.3) is 0 Å². The number of pyridine rings is 1. The summed E-state index contributed by atoms with van der Waals surface area (Å²) in [5.41, 5.74) is 6.74. The van der Waals surface area contributed by atoms with Gasteiger partial charge in [-0.25, -0.2) is 9.78 Å². The minimum atomic E-state index is -0.587. The Balaban J connectivity index is 2.19. The van der Waals surface area contributed by atoms with Gasteiger partial charge < -0.3 is 19.9 Å². The van der Waals surface area contributed by atoms with Crippen molar-refractivity contribution in [3.8, 4) is 5.75 Å². The Morgan fingerprint density at radius 1 is 1.12 bits per heavy atom. The number of carbonyl (C=O) groups excluding carboxylic acids is 3. The maximum absolute atomic E-state index is 12.9. The summed E-state index contributed by atoms with van der Waals surface area (Å²) in [4.78, 5) is 41.0. The number of hydrogen-bond acceptors (Lipinski definition) is 8. The predicted molar refractivity (Wildman–Crippen MR) is 125 cm³/mol. The number of halogens is 2. The van der Waals surface area contributed by atoms with Crippen LogP contribution in [0, 0.1) is 0 Å². The number of benzene rings is 1. The predicted octanol–water partition coefficient (Wildman–Crippen LogP) is 3.44. The van der Waals surface area contributed by atoms with Crippen LogP contribution in [0.15, 0.2) is 30.3 Å². The van der Waals surface area contributed by atoms with E-state index in [0.29, 0.717) is 12.2 Å². The van der Waals surface area contributed by atoms with Crippen LogP contribution >= 0.6 is 23.2 Å². The molecule has 2 N–H and O–H groups in total. The second kappa shape index (κ2) is 12.3. The number of nitrogens with zero attached hydrogens (tertiary/aromatic N) is 2. The highest BCUT2D eigenvalue weighted by molar-refractivity contribution is 6.38. The van der Waals surface area contributed by atoms with Gasteiger partial charge in [-0.2, -0.15) is 0 Å². The quantitative estimate of drug-likeness (QED) is 0.391. The zero-order chi connectivity index (χ0) is 24.5. The van der Waals surface area contributed by atoms with E-state index in [1.165, 1.54) is 17.9 Å². The molecule has 0 aliphatic carbocycles. The zero-order valence-corrected chi connectivity index (χ0v) is 20.0. The Labute approximate surface area is 201 Å². The van der Waals surface area contributed by atoms with Crippen LogP contribution in [-0.4, -0.2) is 48.7 Å². The highest BCUT2D eigenvalue weighted by Crippen LogP contribution is 2.31. The number of carbonyl (C=O) groups is 3. The van der Waals surface area contributed by atoms with Crippen molar-refractivity contribution < 1.29 is 28.6 Å². The van der Waals surface area contributed by atoms with E-state index in [2.05, 4.69) is 4.98 Å². The summed E-state index contributed by atoms with van der Waals surface area (Å²) >= 11 is 12.2. The van der Waals surface area contributed by atoms with E-state index < -0.39 is 30.5 Å². The van der Waals surface area contributed by atoms with E-state index in [0.717, 1.165) is 5.56 Å². The summed E-state index contributed by atoms with van der Waals surface area (Å²) in [5.74, 6) is -0.864. The first-order valence-electron chi connectivity index (χ1n) is 10.1. The first-order valence-corrected chi connectivity index (χ1v) is 10.8. The second-order valence-corrected chi connectivity index (χ2v) is 7.77. The molecule has 1 heterocycles. The number of rotatable bonds is 10. The number of aromatic nitrogens is 1. The maximum atomic E-state index is 12.9. The molecular formula is C22H25Cl2N3O6. The summed E-state index contributed by atoms with van der Waals surface area (Å²) < 4.78 is 15.1. The fraction of sp³-hybridized carbons (Fsp3) is 0.364. The van der Waals surface area contributed by atoms with Gasteiger partial charge in [0.1, 0.15) is 11.6 Å². The summed E-state index contributed by atoms with van der Waals surface area (Å²) in [6.45, 7) is 4.35. The molecule has 2 rings (SSSR count). The zero-order valence-electron chi connectivity index (χ0n) is 18.5. The fourth-order valence-electron chi connectivity index (χ4n) is 2.94. The van der Waals surface area contributed by atoms with Gasteiger partial charge in [0.25, 0.3) is 5.91 Å².